The third-order valence-electron chi connectivity index (χ3n) is 3.40. The molecule has 1 aliphatic rings. The van der Waals surface area contributed by atoms with Crippen LogP contribution in [0.15, 0.2) is 22.7 Å². The molecular formula is C14H19BrN2O3. The van der Waals surface area contributed by atoms with E-state index in [1.54, 1.807) is 7.11 Å². The number of nitrogens with zero attached hydrogens (tertiary/aromatic N) is 1. The predicted molar refractivity (Wildman–Crippen MR) is 79.9 cm³/mol. The number of hydrogen-bond acceptors (Lipinski definition) is 4. The first kappa shape index (κ1) is 15.1. The van der Waals surface area contributed by atoms with Gasteiger partial charge in [-0.15, -0.1) is 0 Å². The van der Waals surface area contributed by atoms with Crippen molar-refractivity contribution in [2.75, 3.05) is 27.3 Å². The molecule has 0 saturated carbocycles. The number of amides is 1. The predicted octanol–water partition coefficient (Wildman–Crippen LogP) is 2.39. The van der Waals surface area contributed by atoms with E-state index in [1.165, 1.54) is 12.7 Å². The molecule has 1 aromatic carbocycles. The number of likely N-dealkylation sites (tertiary alicyclic amines) is 1. The maximum atomic E-state index is 11.2. The summed E-state index contributed by atoms with van der Waals surface area (Å²) in [6.45, 7) is 2.68. The van der Waals surface area contributed by atoms with Crippen molar-refractivity contribution in [3.05, 3.63) is 28.2 Å². The number of methoxy groups -OCH3 is 2. The molecule has 0 aliphatic carbocycles. The van der Waals surface area contributed by atoms with Crippen molar-refractivity contribution in [1.82, 2.24) is 10.2 Å². The average molecular weight is 343 g/mol. The van der Waals surface area contributed by atoms with Gasteiger partial charge in [0.25, 0.3) is 0 Å². The minimum absolute atomic E-state index is 0.170. The van der Waals surface area contributed by atoms with Crippen molar-refractivity contribution < 1.29 is 14.3 Å². The SMILES string of the molecule is COC(=O)NC1CCN(Cc2ccc(OC)c(Br)c2)C1. The van der Waals surface area contributed by atoms with E-state index >= 15 is 0 Å². The molecule has 0 radical (unpaired) electrons. The number of carbonyl (C=O) groups excluding carboxylic acids is 1. The van der Waals surface area contributed by atoms with Crippen molar-refractivity contribution in [3.8, 4) is 5.75 Å². The summed E-state index contributed by atoms with van der Waals surface area (Å²) in [5, 5.41) is 2.84. The fourth-order valence-electron chi connectivity index (χ4n) is 2.39. The quantitative estimate of drug-likeness (QED) is 0.912. The van der Waals surface area contributed by atoms with Crippen molar-refractivity contribution in [3.63, 3.8) is 0 Å². The number of alkyl carbamates (subject to hydrolysis) is 1. The van der Waals surface area contributed by atoms with Crippen LogP contribution in [0, 0.1) is 0 Å². The fourth-order valence-corrected chi connectivity index (χ4v) is 2.97. The van der Waals surface area contributed by atoms with Crippen molar-refractivity contribution in [2.45, 2.75) is 19.0 Å². The molecule has 110 valence electrons. The summed E-state index contributed by atoms with van der Waals surface area (Å²) < 4.78 is 10.8. The lowest BCUT2D eigenvalue weighted by Gasteiger charge is -2.17. The molecule has 5 nitrogen and oxygen atoms in total. The standard InChI is InChI=1S/C14H19BrN2O3/c1-19-13-4-3-10(7-12(13)15)8-17-6-5-11(9-17)16-14(18)20-2/h3-4,7,11H,5-6,8-9H2,1-2H3,(H,16,18). The summed E-state index contributed by atoms with van der Waals surface area (Å²) in [4.78, 5) is 13.5. The summed E-state index contributed by atoms with van der Waals surface area (Å²) in [6.07, 6.45) is 0.593. The Labute approximate surface area is 127 Å². The Kier molecular flexibility index (Phi) is 5.25. The monoisotopic (exact) mass is 342 g/mol. The second-order valence-electron chi connectivity index (χ2n) is 4.83. The average Bonchev–Trinajstić information content (AvgIpc) is 2.86. The second kappa shape index (κ2) is 6.95. The Morgan fingerprint density at radius 3 is 2.95 bits per heavy atom. The molecule has 1 aromatic rings. The molecule has 1 amide bonds. The Balaban J connectivity index is 1.88. The van der Waals surface area contributed by atoms with Gasteiger partial charge in [0.1, 0.15) is 5.75 Å². The molecule has 6 heteroatoms. The Bertz CT molecular complexity index is 481. The van der Waals surface area contributed by atoms with Gasteiger partial charge in [-0.25, -0.2) is 4.79 Å². The first-order valence-electron chi connectivity index (χ1n) is 6.51. The van der Waals surface area contributed by atoms with E-state index in [0.29, 0.717) is 0 Å². The third kappa shape index (κ3) is 3.86. The number of hydrogen-bond donors (Lipinski definition) is 1. The first-order valence-corrected chi connectivity index (χ1v) is 7.31. The molecule has 1 N–H and O–H groups in total. The number of ether oxygens (including phenoxy) is 2. The molecule has 1 atom stereocenters. The zero-order chi connectivity index (χ0) is 14.5. The summed E-state index contributed by atoms with van der Waals surface area (Å²) in [6, 6.07) is 6.26. The van der Waals surface area contributed by atoms with Crippen molar-refractivity contribution in [2.24, 2.45) is 0 Å². The molecule has 0 aromatic heterocycles. The number of nitrogens with one attached hydrogen (secondary N) is 1. The van der Waals surface area contributed by atoms with Gasteiger partial charge in [0.05, 0.1) is 18.7 Å². The highest BCUT2D eigenvalue weighted by atomic mass is 79.9. The zero-order valence-electron chi connectivity index (χ0n) is 11.7. The van der Waals surface area contributed by atoms with E-state index in [9.17, 15) is 4.79 Å². The van der Waals surface area contributed by atoms with E-state index in [-0.39, 0.29) is 12.1 Å². The van der Waals surface area contributed by atoms with Gasteiger partial charge in [0.2, 0.25) is 0 Å². The van der Waals surface area contributed by atoms with Crippen molar-refractivity contribution >= 4 is 22.0 Å². The Morgan fingerprint density at radius 2 is 2.30 bits per heavy atom. The highest BCUT2D eigenvalue weighted by Gasteiger charge is 2.24. The zero-order valence-corrected chi connectivity index (χ0v) is 13.3. The normalized spacial score (nSPS) is 18.9. The molecular weight excluding hydrogens is 324 g/mol. The number of carbonyl (C=O) groups is 1. The fraction of sp³-hybridized carbons (Fsp3) is 0.500. The lowest BCUT2D eigenvalue weighted by molar-refractivity contribution is 0.166. The third-order valence-corrected chi connectivity index (χ3v) is 4.02. The Morgan fingerprint density at radius 1 is 1.50 bits per heavy atom. The van der Waals surface area contributed by atoms with Gasteiger partial charge in [-0.05, 0) is 40.0 Å². The molecule has 1 heterocycles. The molecule has 1 unspecified atom stereocenters. The largest absolute Gasteiger partial charge is 0.496 e. The van der Waals surface area contributed by atoms with Gasteiger partial charge < -0.3 is 14.8 Å². The maximum Gasteiger partial charge on any atom is 0.407 e. The number of rotatable bonds is 4. The number of halogens is 1. The van der Waals surface area contributed by atoms with Crippen LogP contribution in [0.5, 0.6) is 5.75 Å². The summed E-state index contributed by atoms with van der Waals surface area (Å²) >= 11 is 3.49. The van der Waals surface area contributed by atoms with Crippen LogP contribution >= 0.6 is 15.9 Å². The van der Waals surface area contributed by atoms with E-state index < -0.39 is 0 Å². The number of benzene rings is 1. The summed E-state index contributed by atoms with van der Waals surface area (Å²) in [7, 11) is 3.04. The lowest BCUT2D eigenvalue weighted by atomic mass is 10.2. The maximum absolute atomic E-state index is 11.2. The smallest absolute Gasteiger partial charge is 0.407 e. The van der Waals surface area contributed by atoms with Gasteiger partial charge in [0.15, 0.2) is 0 Å². The van der Waals surface area contributed by atoms with Crippen LogP contribution in [0.4, 0.5) is 4.79 Å². The molecule has 0 spiro atoms. The highest BCUT2D eigenvalue weighted by Crippen LogP contribution is 2.26. The van der Waals surface area contributed by atoms with Crippen LogP contribution < -0.4 is 10.1 Å². The van der Waals surface area contributed by atoms with Gasteiger partial charge in [-0.2, -0.15) is 0 Å². The van der Waals surface area contributed by atoms with Crippen LogP contribution in [0.25, 0.3) is 0 Å². The van der Waals surface area contributed by atoms with Crippen LogP contribution in [0.2, 0.25) is 0 Å². The van der Waals surface area contributed by atoms with Crippen LogP contribution in [0.1, 0.15) is 12.0 Å². The Hall–Kier alpha value is -1.27. The second-order valence-corrected chi connectivity index (χ2v) is 5.68. The lowest BCUT2D eigenvalue weighted by Crippen LogP contribution is -2.36. The highest BCUT2D eigenvalue weighted by molar-refractivity contribution is 9.10. The van der Waals surface area contributed by atoms with Crippen LogP contribution in [-0.4, -0.2) is 44.3 Å². The molecule has 1 fully saturated rings. The van der Waals surface area contributed by atoms with Crippen LogP contribution in [-0.2, 0) is 11.3 Å². The molecule has 1 saturated heterocycles. The van der Waals surface area contributed by atoms with E-state index in [2.05, 4.69) is 43.0 Å². The minimum atomic E-state index is -0.357. The first-order chi connectivity index (χ1) is 9.62. The van der Waals surface area contributed by atoms with E-state index in [0.717, 1.165) is 36.3 Å². The van der Waals surface area contributed by atoms with Gasteiger partial charge in [-0.1, -0.05) is 6.07 Å². The van der Waals surface area contributed by atoms with Gasteiger partial charge >= 0.3 is 6.09 Å². The van der Waals surface area contributed by atoms with E-state index in [4.69, 9.17) is 4.74 Å². The van der Waals surface area contributed by atoms with Crippen molar-refractivity contribution in [1.29, 1.82) is 0 Å². The van der Waals surface area contributed by atoms with Crippen LogP contribution in [0.3, 0.4) is 0 Å². The minimum Gasteiger partial charge on any atom is -0.496 e. The molecule has 20 heavy (non-hydrogen) atoms. The van der Waals surface area contributed by atoms with Gasteiger partial charge in [0, 0.05) is 25.7 Å². The van der Waals surface area contributed by atoms with E-state index in [1.807, 2.05) is 6.07 Å². The topological polar surface area (TPSA) is 50.8 Å². The summed E-state index contributed by atoms with van der Waals surface area (Å²) in [5.74, 6) is 0.834. The molecule has 1 aliphatic heterocycles. The molecule has 2 rings (SSSR count). The molecule has 0 bridgehead atoms. The summed E-state index contributed by atoms with van der Waals surface area (Å²) in [5.41, 5.74) is 1.22. The van der Waals surface area contributed by atoms with Gasteiger partial charge in [-0.3, -0.25) is 4.90 Å².